The number of hydrogen-bond donors (Lipinski definition) is 3. The molecule has 8 aliphatic rings. The molecular formula is C36H42O10. The van der Waals surface area contributed by atoms with Crippen molar-refractivity contribution in [3.05, 3.63) is 45.1 Å². The third kappa shape index (κ3) is 3.15. The van der Waals surface area contributed by atoms with Crippen molar-refractivity contribution in [3.63, 3.8) is 0 Å². The smallest absolute Gasteiger partial charge is 0.337 e. The first-order valence-electron chi connectivity index (χ1n) is 16.5. The predicted molar refractivity (Wildman–Crippen MR) is 160 cm³/mol. The lowest BCUT2D eigenvalue weighted by molar-refractivity contribution is -0.191. The molecule has 0 aromatic carbocycles. The van der Waals surface area contributed by atoms with Crippen LogP contribution in [0.25, 0.3) is 0 Å². The fourth-order valence-corrected chi connectivity index (χ4v) is 12.0. The first-order valence-corrected chi connectivity index (χ1v) is 16.5. The van der Waals surface area contributed by atoms with Gasteiger partial charge in [-0.05, 0) is 86.7 Å². The van der Waals surface area contributed by atoms with Crippen molar-refractivity contribution in [3.8, 4) is 0 Å². The molecule has 0 radical (unpaired) electrons. The molecule has 0 aromatic rings. The van der Waals surface area contributed by atoms with Gasteiger partial charge >= 0.3 is 17.9 Å². The Bertz CT molecular complexity index is 1680. The van der Waals surface area contributed by atoms with Gasteiger partial charge in [-0.3, -0.25) is 4.79 Å². The van der Waals surface area contributed by atoms with Crippen molar-refractivity contribution in [1.29, 1.82) is 0 Å². The number of allylic oxidation sites excluding steroid dienone is 2. The average molecular weight is 635 g/mol. The maximum absolute atomic E-state index is 14.4. The van der Waals surface area contributed by atoms with Gasteiger partial charge < -0.3 is 29.5 Å². The fourth-order valence-electron chi connectivity index (χ4n) is 12.0. The summed E-state index contributed by atoms with van der Waals surface area (Å²) in [5, 5.41) is 34.8. The molecule has 3 N–H and O–H groups in total. The Labute approximate surface area is 267 Å². The lowest BCUT2D eigenvalue weighted by Gasteiger charge is -2.63. The summed E-state index contributed by atoms with van der Waals surface area (Å²) in [7, 11) is 1.24. The fraction of sp³-hybridized carbons (Fsp3) is 0.667. The van der Waals surface area contributed by atoms with Crippen molar-refractivity contribution in [2.45, 2.75) is 77.6 Å². The van der Waals surface area contributed by atoms with Crippen LogP contribution in [0.3, 0.4) is 0 Å². The monoisotopic (exact) mass is 634 g/mol. The number of methoxy groups -OCH3 is 1. The van der Waals surface area contributed by atoms with Crippen molar-refractivity contribution >= 4 is 23.7 Å². The van der Waals surface area contributed by atoms with Crippen molar-refractivity contribution in [2.24, 2.45) is 52.3 Å². The topological polar surface area (TPSA) is 157 Å². The molecule has 12 atom stereocenters. The minimum absolute atomic E-state index is 0.0493. The normalized spacial score (nSPS) is 48.5. The van der Waals surface area contributed by atoms with Crippen LogP contribution in [0.5, 0.6) is 0 Å². The van der Waals surface area contributed by atoms with Crippen LogP contribution in [0.2, 0.25) is 0 Å². The summed E-state index contributed by atoms with van der Waals surface area (Å²) in [6, 6.07) is 0. The predicted octanol–water partition coefficient (Wildman–Crippen LogP) is 2.51. The summed E-state index contributed by atoms with van der Waals surface area (Å²) in [5.41, 5.74) is -0.913. The molecule has 1 heterocycles. The Morgan fingerprint density at radius 3 is 2.41 bits per heavy atom. The van der Waals surface area contributed by atoms with Gasteiger partial charge in [0.2, 0.25) is 0 Å². The summed E-state index contributed by atoms with van der Waals surface area (Å²) < 4.78 is 17.4. The van der Waals surface area contributed by atoms with Gasteiger partial charge in [-0.15, -0.1) is 0 Å². The van der Waals surface area contributed by atoms with Crippen molar-refractivity contribution in [1.82, 2.24) is 0 Å². The van der Waals surface area contributed by atoms with Crippen LogP contribution in [0.1, 0.15) is 60.3 Å². The molecule has 0 aromatic heterocycles. The zero-order valence-corrected chi connectivity index (χ0v) is 27.1. The Morgan fingerprint density at radius 2 is 1.76 bits per heavy atom. The van der Waals surface area contributed by atoms with Crippen LogP contribution >= 0.6 is 0 Å². The number of esters is 3. The lowest BCUT2D eigenvalue weighted by Crippen LogP contribution is -2.67. The quantitative estimate of drug-likeness (QED) is 0.178. The van der Waals surface area contributed by atoms with E-state index >= 15 is 0 Å². The van der Waals surface area contributed by atoms with E-state index in [0.29, 0.717) is 17.6 Å². The highest BCUT2D eigenvalue weighted by Crippen LogP contribution is 2.83. The van der Waals surface area contributed by atoms with E-state index < -0.39 is 76.2 Å². The molecule has 1 aliphatic heterocycles. The molecule has 1 spiro atoms. The number of fused-ring (bicyclic) bond motifs is 7. The molecule has 8 rings (SSSR count). The first-order chi connectivity index (χ1) is 21.7. The molecule has 46 heavy (non-hydrogen) atoms. The third-order valence-electron chi connectivity index (χ3n) is 14.3. The minimum Gasteiger partial charge on any atom is -0.466 e. The van der Waals surface area contributed by atoms with Crippen LogP contribution in [0, 0.1) is 52.3 Å². The van der Waals surface area contributed by atoms with Crippen LogP contribution < -0.4 is 0 Å². The van der Waals surface area contributed by atoms with E-state index in [9.17, 15) is 34.5 Å². The van der Waals surface area contributed by atoms with E-state index in [0.717, 1.165) is 24.0 Å². The van der Waals surface area contributed by atoms with Gasteiger partial charge in [-0.1, -0.05) is 25.5 Å². The molecule has 5 saturated carbocycles. The van der Waals surface area contributed by atoms with E-state index in [2.05, 4.69) is 6.92 Å². The Balaban J connectivity index is 1.36. The first kappa shape index (κ1) is 30.3. The number of hydrogen-bond acceptors (Lipinski definition) is 10. The van der Waals surface area contributed by atoms with Crippen LogP contribution in [-0.2, 0) is 33.4 Å². The molecule has 0 bridgehead atoms. The highest BCUT2D eigenvalue weighted by Gasteiger charge is 2.84. The maximum Gasteiger partial charge on any atom is 0.337 e. The van der Waals surface area contributed by atoms with Gasteiger partial charge in [0, 0.05) is 34.0 Å². The van der Waals surface area contributed by atoms with E-state index in [1.54, 1.807) is 19.9 Å². The van der Waals surface area contributed by atoms with Crippen molar-refractivity contribution < 1.29 is 48.7 Å². The lowest BCUT2D eigenvalue weighted by atomic mass is 9.42. The SMILES string of the molecule is CC=C(C)C(=O)OCC1(O)C2CC2C2(C)C1CC1=C(CO)C(=O)OC13C1C(=C(C)C(=O)OC)C(=O)C(O)C4(C)C1=C(CC32)C1CC14. The van der Waals surface area contributed by atoms with Crippen LogP contribution in [0.4, 0.5) is 0 Å². The number of ketones is 1. The molecule has 0 saturated heterocycles. The summed E-state index contributed by atoms with van der Waals surface area (Å²) in [5.74, 6) is -3.92. The largest absolute Gasteiger partial charge is 0.466 e. The van der Waals surface area contributed by atoms with E-state index in [4.69, 9.17) is 14.2 Å². The Hall–Kier alpha value is -3.08. The van der Waals surface area contributed by atoms with E-state index in [1.165, 1.54) is 14.0 Å². The molecule has 12 unspecified atom stereocenters. The number of rotatable bonds is 5. The zero-order chi connectivity index (χ0) is 33.0. The van der Waals surface area contributed by atoms with Gasteiger partial charge in [-0.2, -0.15) is 0 Å². The molecule has 7 aliphatic carbocycles. The molecule has 246 valence electrons. The highest BCUT2D eigenvalue weighted by atomic mass is 16.6. The highest BCUT2D eigenvalue weighted by molar-refractivity contribution is 6.09. The van der Waals surface area contributed by atoms with Gasteiger partial charge in [0.15, 0.2) is 5.78 Å². The van der Waals surface area contributed by atoms with Crippen molar-refractivity contribution in [2.75, 3.05) is 20.3 Å². The molecule has 10 nitrogen and oxygen atoms in total. The number of carbonyl (C=O) groups excluding carboxylic acids is 4. The zero-order valence-electron chi connectivity index (χ0n) is 27.1. The number of aliphatic hydroxyl groups is 3. The number of carbonyl (C=O) groups is 4. The molecule has 5 fully saturated rings. The number of Topliss-reactive ketones (excluding diaryl/α,β-unsaturated/α-hetero) is 1. The third-order valence-corrected chi connectivity index (χ3v) is 14.3. The molecular weight excluding hydrogens is 592 g/mol. The minimum atomic E-state index is -1.39. The second kappa shape index (κ2) is 9.08. The second-order valence-corrected chi connectivity index (χ2v) is 15.6. The molecule has 10 heteroatoms. The standard InChI is InChI=1S/C36H42O10/c1-7-14(2)30(40)45-13-35(43)22-10-21(22)33(4)23(35)11-20-18(12-37)32(42)46-36(20)24(33)9-17-16-8-19(16)34(5)26(17)27(36)25(28(38)29(34)39)15(3)31(41)44-6/h7,16,19,21-24,27,29,37,39,43H,8-13H2,1-6H3. The second-order valence-electron chi connectivity index (χ2n) is 15.6. The molecule has 0 amide bonds. The number of ether oxygens (including phenoxy) is 3. The number of aliphatic hydroxyl groups excluding tert-OH is 2. The summed E-state index contributed by atoms with van der Waals surface area (Å²) in [4.78, 5) is 54.0. The van der Waals surface area contributed by atoms with Gasteiger partial charge in [0.05, 0.1) is 25.2 Å². The van der Waals surface area contributed by atoms with E-state index in [1.807, 2.05) is 6.92 Å². The summed E-state index contributed by atoms with van der Waals surface area (Å²) in [6.45, 7) is 8.25. The van der Waals surface area contributed by atoms with Crippen LogP contribution in [-0.4, -0.2) is 76.6 Å². The Morgan fingerprint density at radius 1 is 1.04 bits per heavy atom. The average Bonchev–Trinajstić information content (AvgIpc) is 3.95. The summed E-state index contributed by atoms with van der Waals surface area (Å²) >= 11 is 0. The maximum atomic E-state index is 14.4. The van der Waals surface area contributed by atoms with Gasteiger partial charge in [-0.25, -0.2) is 14.4 Å². The summed E-state index contributed by atoms with van der Waals surface area (Å²) in [6.07, 6.45) is 2.62. The van der Waals surface area contributed by atoms with Gasteiger partial charge in [0.25, 0.3) is 0 Å². The van der Waals surface area contributed by atoms with Crippen LogP contribution in [0.15, 0.2) is 45.1 Å². The van der Waals surface area contributed by atoms with Gasteiger partial charge in [0.1, 0.15) is 23.9 Å². The van der Waals surface area contributed by atoms with E-state index in [-0.39, 0.29) is 53.4 Å². The Kier molecular flexibility index (Phi) is 5.97.